The summed E-state index contributed by atoms with van der Waals surface area (Å²) in [5, 5.41) is 6.59. The molecule has 1 amide bonds. The first kappa shape index (κ1) is 23.8. The zero-order valence-corrected chi connectivity index (χ0v) is 19.8. The Morgan fingerprint density at radius 2 is 1.64 bits per heavy atom. The van der Waals surface area contributed by atoms with Gasteiger partial charge in [0.1, 0.15) is 12.4 Å². The van der Waals surface area contributed by atoms with Crippen molar-refractivity contribution in [3.8, 4) is 5.75 Å². The number of piperidine rings is 1. The van der Waals surface area contributed by atoms with Crippen LogP contribution in [0.4, 0.5) is 5.69 Å². The molecule has 1 aliphatic carbocycles. The zero-order chi connectivity index (χ0) is 22.7. The van der Waals surface area contributed by atoms with Gasteiger partial charge in [0.25, 0.3) is 0 Å². The Hall–Kier alpha value is -2.37. The van der Waals surface area contributed by atoms with Crippen molar-refractivity contribution in [3.05, 3.63) is 60.2 Å². The Morgan fingerprint density at radius 1 is 0.909 bits per heavy atom. The van der Waals surface area contributed by atoms with Crippen molar-refractivity contribution in [2.75, 3.05) is 31.5 Å². The van der Waals surface area contributed by atoms with Crippen LogP contribution in [0.1, 0.15) is 56.9 Å². The van der Waals surface area contributed by atoms with E-state index in [4.69, 9.17) is 4.74 Å². The molecule has 5 heteroatoms. The van der Waals surface area contributed by atoms with Gasteiger partial charge in [-0.2, -0.15) is 0 Å². The van der Waals surface area contributed by atoms with E-state index in [0.717, 1.165) is 29.5 Å². The third-order valence-electron chi connectivity index (χ3n) is 7.00. The molecule has 5 nitrogen and oxygen atoms in total. The molecule has 0 spiro atoms. The van der Waals surface area contributed by atoms with E-state index in [0.29, 0.717) is 19.1 Å². The largest absolute Gasteiger partial charge is 0.489 e. The first-order valence-corrected chi connectivity index (χ1v) is 12.8. The van der Waals surface area contributed by atoms with Gasteiger partial charge in [0, 0.05) is 31.2 Å². The Morgan fingerprint density at radius 3 is 2.36 bits per heavy atom. The van der Waals surface area contributed by atoms with Crippen molar-refractivity contribution in [1.29, 1.82) is 0 Å². The lowest BCUT2D eigenvalue weighted by atomic mass is 9.88. The molecular weight excluding hydrogens is 410 g/mol. The molecule has 1 heterocycles. The monoisotopic (exact) mass is 449 g/mol. The highest BCUT2D eigenvalue weighted by Gasteiger charge is 2.22. The van der Waals surface area contributed by atoms with E-state index in [-0.39, 0.29) is 5.91 Å². The summed E-state index contributed by atoms with van der Waals surface area (Å²) in [5.41, 5.74) is 1.94. The summed E-state index contributed by atoms with van der Waals surface area (Å²) in [7, 11) is 0. The Kier molecular flexibility index (Phi) is 9.19. The molecule has 2 aromatic carbocycles. The number of carbonyl (C=O) groups is 1. The smallest absolute Gasteiger partial charge is 0.225 e. The normalized spacial score (nSPS) is 18.2. The van der Waals surface area contributed by atoms with Crippen LogP contribution in [0, 0.1) is 5.92 Å². The molecule has 2 N–H and O–H groups in total. The molecule has 33 heavy (non-hydrogen) atoms. The van der Waals surface area contributed by atoms with Crippen LogP contribution in [0.25, 0.3) is 0 Å². The first-order valence-electron chi connectivity index (χ1n) is 12.8. The van der Waals surface area contributed by atoms with Crippen molar-refractivity contribution < 1.29 is 9.53 Å². The molecule has 1 saturated carbocycles. The van der Waals surface area contributed by atoms with Crippen LogP contribution < -0.4 is 15.4 Å². The van der Waals surface area contributed by atoms with E-state index in [1.165, 1.54) is 64.6 Å². The molecule has 1 aliphatic heterocycles. The van der Waals surface area contributed by atoms with Crippen LogP contribution in [-0.2, 0) is 11.4 Å². The van der Waals surface area contributed by atoms with Gasteiger partial charge in [0.2, 0.25) is 5.91 Å². The van der Waals surface area contributed by atoms with Crippen LogP contribution in [0.5, 0.6) is 5.75 Å². The average molecular weight is 450 g/mol. The summed E-state index contributed by atoms with van der Waals surface area (Å²) in [6.07, 6.45) is 10.0. The Labute approximate surface area is 198 Å². The SMILES string of the molecule is O=C(CCNC1CCN(CC2CCCCC2)CC1)Nc1ccc(OCc2ccccc2)cc1. The predicted molar refractivity (Wildman–Crippen MR) is 135 cm³/mol. The third kappa shape index (κ3) is 8.17. The summed E-state index contributed by atoms with van der Waals surface area (Å²) in [6.45, 7) is 4.96. The molecule has 0 atom stereocenters. The number of nitrogens with one attached hydrogen (secondary N) is 2. The van der Waals surface area contributed by atoms with E-state index in [9.17, 15) is 4.79 Å². The van der Waals surface area contributed by atoms with Gasteiger partial charge in [-0.1, -0.05) is 49.6 Å². The van der Waals surface area contributed by atoms with Gasteiger partial charge in [-0.05, 0) is 74.5 Å². The van der Waals surface area contributed by atoms with Crippen molar-refractivity contribution in [3.63, 3.8) is 0 Å². The number of hydrogen-bond donors (Lipinski definition) is 2. The van der Waals surface area contributed by atoms with Crippen LogP contribution in [0.15, 0.2) is 54.6 Å². The van der Waals surface area contributed by atoms with Crippen molar-refractivity contribution in [2.24, 2.45) is 5.92 Å². The van der Waals surface area contributed by atoms with Crippen LogP contribution in [0.3, 0.4) is 0 Å². The molecule has 0 unspecified atom stereocenters. The molecule has 178 valence electrons. The summed E-state index contributed by atoms with van der Waals surface area (Å²) in [5.74, 6) is 1.78. The minimum absolute atomic E-state index is 0.0511. The van der Waals surface area contributed by atoms with Gasteiger partial charge >= 0.3 is 0 Å². The van der Waals surface area contributed by atoms with Crippen LogP contribution in [0.2, 0.25) is 0 Å². The van der Waals surface area contributed by atoms with Gasteiger partial charge in [-0.15, -0.1) is 0 Å². The fourth-order valence-corrected chi connectivity index (χ4v) is 5.04. The fourth-order valence-electron chi connectivity index (χ4n) is 5.04. The molecule has 2 fully saturated rings. The minimum Gasteiger partial charge on any atom is -0.489 e. The molecule has 1 saturated heterocycles. The number of nitrogens with zero attached hydrogens (tertiary/aromatic N) is 1. The van der Waals surface area contributed by atoms with Crippen LogP contribution in [-0.4, -0.2) is 43.0 Å². The van der Waals surface area contributed by atoms with Gasteiger partial charge in [0.05, 0.1) is 0 Å². The number of rotatable bonds is 10. The quantitative estimate of drug-likeness (QED) is 0.522. The maximum Gasteiger partial charge on any atom is 0.225 e. The van der Waals surface area contributed by atoms with Gasteiger partial charge in [-0.3, -0.25) is 4.79 Å². The molecule has 0 bridgehead atoms. The van der Waals surface area contributed by atoms with Crippen molar-refractivity contribution >= 4 is 11.6 Å². The number of ether oxygens (including phenoxy) is 1. The van der Waals surface area contributed by atoms with Crippen LogP contribution >= 0.6 is 0 Å². The van der Waals surface area contributed by atoms with E-state index in [1.807, 2.05) is 54.6 Å². The van der Waals surface area contributed by atoms with E-state index in [1.54, 1.807) is 0 Å². The third-order valence-corrected chi connectivity index (χ3v) is 7.00. The highest BCUT2D eigenvalue weighted by Crippen LogP contribution is 2.25. The van der Waals surface area contributed by atoms with E-state index >= 15 is 0 Å². The number of benzene rings is 2. The molecule has 0 aromatic heterocycles. The van der Waals surface area contributed by atoms with Gasteiger partial charge in [0.15, 0.2) is 0 Å². The number of hydrogen-bond acceptors (Lipinski definition) is 4. The van der Waals surface area contributed by atoms with Gasteiger partial charge in [-0.25, -0.2) is 0 Å². The van der Waals surface area contributed by atoms with E-state index < -0.39 is 0 Å². The van der Waals surface area contributed by atoms with Crippen molar-refractivity contribution in [1.82, 2.24) is 10.2 Å². The second-order valence-corrected chi connectivity index (χ2v) is 9.63. The molecule has 0 radical (unpaired) electrons. The second kappa shape index (κ2) is 12.8. The number of amides is 1. The summed E-state index contributed by atoms with van der Waals surface area (Å²) >= 11 is 0. The molecule has 4 rings (SSSR count). The van der Waals surface area contributed by atoms with Gasteiger partial charge < -0.3 is 20.3 Å². The number of carbonyl (C=O) groups excluding carboxylic acids is 1. The Bertz CT molecular complexity index is 826. The molecular formula is C28H39N3O2. The van der Waals surface area contributed by atoms with Crippen molar-refractivity contribution in [2.45, 2.75) is 64.0 Å². The first-order chi connectivity index (χ1) is 16.2. The maximum atomic E-state index is 12.3. The highest BCUT2D eigenvalue weighted by atomic mass is 16.5. The lowest BCUT2D eigenvalue weighted by molar-refractivity contribution is -0.116. The molecule has 2 aromatic rings. The summed E-state index contributed by atoms with van der Waals surface area (Å²) in [6, 6.07) is 18.2. The Balaban J connectivity index is 1.08. The fraction of sp³-hybridized carbons (Fsp3) is 0.536. The number of anilines is 1. The standard InChI is InChI=1S/C28H39N3O2/c32-28(30-26-11-13-27(14-12-26)33-22-24-9-5-2-6-10-24)15-18-29-25-16-19-31(20-17-25)21-23-7-3-1-4-8-23/h2,5-6,9-14,23,25,29H,1,3-4,7-8,15-22H2,(H,30,32). The second-order valence-electron chi connectivity index (χ2n) is 9.63. The lowest BCUT2D eigenvalue weighted by Gasteiger charge is -2.35. The molecule has 2 aliphatic rings. The number of likely N-dealkylation sites (tertiary alicyclic amines) is 1. The average Bonchev–Trinajstić information content (AvgIpc) is 2.86. The summed E-state index contributed by atoms with van der Waals surface area (Å²) in [4.78, 5) is 15.0. The lowest BCUT2D eigenvalue weighted by Crippen LogP contribution is -2.44. The topological polar surface area (TPSA) is 53.6 Å². The zero-order valence-electron chi connectivity index (χ0n) is 19.8. The predicted octanol–water partition coefficient (Wildman–Crippen LogP) is 5.23. The minimum atomic E-state index is 0.0511. The highest BCUT2D eigenvalue weighted by molar-refractivity contribution is 5.90. The van der Waals surface area contributed by atoms with E-state index in [2.05, 4.69) is 15.5 Å². The summed E-state index contributed by atoms with van der Waals surface area (Å²) < 4.78 is 5.81. The maximum absolute atomic E-state index is 12.3.